The van der Waals surface area contributed by atoms with Crippen molar-refractivity contribution in [2.24, 2.45) is 5.92 Å². The first-order chi connectivity index (χ1) is 10.2. The Labute approximate surface area is 128 Å². The van der Waals surface area contributed by atoms with E-state index in [0.717, 1.165) is 44.0 Å². The van der Waals surface area contributed by atoms with E-state index in [9.17, 15) is 0 Å². The van der Waals surface area contributed by atoms with Crippen LogP contribution in [0.5, 0.6) is 11.5 Å². The minimum atomic E-state index is 0.654. The Morgan fingerprint density at radius 3 is 2.48 bits per heavy atom. The molecule has 0 fully saturated rings. The summed E-state index contributed by atoms with van der Waals surface area (Å²) in [6.07, 6.45) is 1.99. The molecule has 0 spiro atoms. The average Bonchev–Trinajstić information content (AvgIpc) is 2.47. The van der Waals surface area contributed by atoms with Crippen LogP contribution in [0.1, 0.15) is 32.3 Å². The minimum absolute atomic E-state index is 0.654. The lowest BCUT2D eigenvalue weighted by Gasteiger charge is -2.13. The molecule has 0 amide bonds. The van der Waals surface area contributed by atoms with Gasteiger partial charge in [-0.05, 0) is 43.0 Å². The molecule has 120 valence electrons. The van der Waals surface area contributed by atoms with Crippen molar-refractivity contribution >= 4 is 0 Å². The molecule has 0 aliphatic heterocycles. The van der Waals surface area contributed by atoms with E-state index in [4.69, 9.17) is 14.2 Å². The molecule has 0 aliphatic carbocycles. The monoisotopic (exact) mass is 295 g/mol. The highest BCUT2D eigenvalue weighted by Crippen LogP contribution is 2.28. The van der Waals surface area contributed by atoms with Gasteiger partial charge in [0.1, 0.15) is 0 Å². The third-order valence-corrected chi connectivity index (χ3v) is 3.11. The first kappa shape index (κ1) is 17.8. The summed E-state index contributed by atoms with van der Waals surface area (Å²) < 4.78 is 16.2. The predicted molar refractivity (Wildman–Crippen MR) is 86.1 cm³/mol. The number of rotatable bonds is 11. The molecular formula is C17H29NO3. The van der Waals surface area contributed by atoms with E-state index in [1.807, 2.05) is 12.1 Å². The molecular weight excluding hydrogens is 266 g/mol. The average molecular weight is 295 g/mol. The molecule has 0 saturated heterocycles. The highest BCUT2D eigenvalue weighted by Gasteiger charge is 2.06. The Morgan fingerprint density at radius 2 is 1.81 bits per heavy atom. The first-order valence-corrected chi connectivity index (χ1v) is 7.66. The second kappa shape index (κ2) is 10.5. The van der Waals surface area contributed by atoms with Crippen LogP contribution in [0.4, 0.5) is 0 Å². The van der Waals surface area contributed by atoms with Crippen molar-refractivity contribution in [3.8, 4) is 11.5 Å². The Kier molecular flexibility index (Phi) is 8.87. The SMILES string of the molecule is COCCCCOc1ccc(CNCC(C)C)cc1OC. The summed E-state index contributed by atoms with van der Waals surface area (Å²) in [5.74, 6) is 2.26. The van der Waals surface area contributed by atoms with Crippen LogP contribution >= 0.6 is 0 Å². The molecule has 0 radical (unpaired) electrons. The van der Waals surface area contributed by atoms with Crippen molar-refractivity contribution in [3.05, 3.63) is 23.8 Å². The third-order valence-electron chi connectivity index (χ3n) is 3.11. The van der Waals surface area contributed by atoms with Gasteiger partial charge in [0, 0.05) is 20.3 Å². The summed E-state index contributed by atoms with van der Waals surface area (Å²) in [5.41, 5.74) is 1.21. The van der Waals surface area contributed by atoms with Crippen LogP contribution in [0.25, 0.3) is 0 Å². The Bertz CT molecular complexity index is 394. The van der Waals surface area contributed by atoms with E-state index >= 15 is 0 Å². The van der Waals surface area contributed by atoms with Gasteiger partial charge >= 0.3 is 0 Å². The standard InChI is InChI=1S/C17H29NO3/c1-14(2)12-18-13-15-7-8-16(17(11-15)20-4)21-10-6-5-9-19-3/h7-8,11,14,18H,5-6,9-10,12-13H2,1-4H3. The van der Waals surface area contributed by atoms with Crippen LogP contribution < -0.4 is 14.8 Å². The van der Waals surface area contributed by atoms with Crippen molar-refractivity contribution in [3.63, 3.8) is 0 Å². The van der Waals surface area contributed by atoms with E-state index < -0.39 is 0 Å². The van der Waals surface area contributed by atoms with Gasteiger partial charge in [0.05, 0.1) is 13.7 Å². The number of ether oxygens (including phenoxy) is 3. The minimum Gasteiger partial charge on any atom is -0.493 e. The molecule has 1 aromatic rings. The first-order valence-electron chi connectivity index (χ1n) is 7.66. The molecule has 21 heavy (non-hydrogen) atoms. The van der Waals surface area contributed by atoms with Crippen LogP contribution in [0, 0.1) is 5.92 Å². The Morgan fingerprint density at radius 1 is 1.05 bits per heavy atom. The van der Waals surface area contributed by atoms with Crippen molar-refractivity contribution in [2.75, 3.05) is 34.0 Å². The van der Waals surface area contributed by atoms with Gasteiger partial charge in [0.15, 0.2) is 11.5 Å². The summed E-state index contributed by atoms with van der Waals surface area (Å²) in [4.78, 5) is 0. The predicted octanol–water partition coefficient (Wildman–Crippen LogP) is 3.25. The number of benzene rings is 1. The topological polar surface area (TPSA) is 39.7 Å². The Hall–Kier alpha value is -1.26. The van der Waals surface area contributed by atoms with Gasteiger partial charge in [-0.1, -0.05) is 19.9 Å². The smallest absolute Gasteiger partial charge is 0.161 e. The third kappa shape index (κ3) is 7.34. The maximum atomic E-state index is 5.77. The van der Waals surface area contributed by atoms with Crippen LogP contribution in [0.15, 0.2) is 18.2 Å². The van der Waals surface area contributed by atoms with E-state index in [1.54, 1.807) is 14.2 Å². The van der Waals surface area contributed by atoms with Gasteiger partial charge in [-0.25, -0.2) is 0 Å². The highest BCUT2D eigenvalue weighted by molar-refractivity contribution is 5.42. The number of hydrogen-bond donors (Lipinski definition) is 1. The highest BCUT2D eigenvalue weighted by atomic mass is 16.5. The van der Waals surface area contributed by atoms with Crippen molar-refractivity contribution < 1.29 is 14.2 Å². The zero-order valence-electron chi connectivity index (χ0n) is 13.8. The fourth-order valence-corrected chi connectivity index (χ4v) is 1.98. The second-order valence-electron chi connectivity index (χ2n) is 5.56. The van der Waals surface area contributed by atoms with Crippen molar-refractivity contribution in [1.29, 1.82) is 0 Å². The zero-order valence-corrected chi connectivity index (χ0v) is 13.8. The largest absolute Gasteiger partial charge is 0.493 e. The maximum Gasteiger partial charge on any atom is 0.161 e. The molecule has 0 unspecified atom stereocenters. The summed E-state index contributed by atoms with van der Waals surface area (Å²) in [5, 5.41) is 3.43. The number of nitrogens with one attached hydrogen (secondary N) is 1. The molecule has 0 bridgehead atoms. The van der Waals surface area contributed by atoms with E-state index in [2.05, 4.69) is 25.2 Å². The summed E-state index contributed by atoms with van der Waals surface area (Å²) in [7, 11) is 3.40. The van der Waals surface area contributed by atoms with Gasteiger partial charge in [-0.2, -0.15) is 0 Å². The van der Waals surface area contributed by atoms with Crippen LogP contribution in [0.2, 0.25) is 0 Å². The summed E-state index contributed by atoms with van der Waals surface area (Å²) in [6, 6.07) is 6.11. The quantitative estimate of drug-likeness (QED) is 0.636. The lowest BCUT2D eigenvalue weighted by molar-refractivity contribution is 0.183. The summed E-state index contributed by atoms with van der Waals surface area (Å²) in [6.45, 7) is 7.73. The molecule has 1 N–H and O–H groups in total. The molecule has 1 rings (SSSR count). The number of unbranched alkanes of at least 4 members (excludes halogenated alkanes) is 1. The summed E-state index contributed by atoms with van der Waals surface area (Å²) >= 11 is 0. The molecule has 0 heterocycles. The van der Waals surface area contributed by atoms with Crippen LogP contribution in [-0.2, 0) is 11.3 Å². The van der Waals surface area contributed by atoms with E-state index in [-0.39, 0.29) is 0 Å². The maximum absolute atomic E-state index is 5.77. The second-order valence-corrected chi connectivity index (χ2v) is 5.56. The molecule has 1 aromatic carbocycles. The molecule has 0 atom stereocenters. The van der Waals surface area contributed by atoms with Crippen molar-refractivity contribution in [2.45, 2.75) is 33.2 Å². The van der Waals surface area contributed by atoms with Crippen LogP contribution in [-0.4, -0.2) is 34.0 Å². The van der Waals surface area contributed by atoms with Gasteiger partial charge in [-0.3, -0.25) is 0 Å². The van der Waals surface area contributed by atoms with E-state index in [1.165, 1.54) is 5.56 Å². The molecule has 0 saturated carbocycles. The fraction of sp³-hybridized carbons (Fsp3) is 0.647. The number of hydrogen-bond acceptors (Lipinski definition) is 4. The molecule has 4 heteroatoms. The lowest BCUT2D eigenvalue weighted by Crippen LogP contribution is -2.18. The lowest BCUT2D eigenvalue weighted by atomic mass is 10.2. The van der Waals surface area contributed by atoms with Gasteiger partial charge in [-0.15, -0.1) is 0 Å². The Balaban J connectivity index is 2.46. The van der Waals surface area contributed by atoms with Crippen LogP contribution in [0.3, 0.4) is 0 Å². The fourth-order valence-electron chi connectivity index (χ4n) is 1.98. The van der Waals surface area contributed by atoms with Gasteiger partial charge in [0.2, 0.25) is 0 Å². The van der Waals surface area contributed by atoms with Gasteiger partial charge < -0.3 is 19.5 Å². The zero-order chi connectivity index (χ0) is 15.5. The molecule has 4 nitrogen and oxygen atoms in total. The normalized spacial score (nSPS) is 10.9. The van der Waals surface area contributed by atoms with Crippen molar-refractivity contribution in [1.82, 2.24) is 5.32 Å². The molecule has 0 aromatic heterocycles. The number of methoxy groups -OCH3 is 2. The van der Waals surface area contributed by atoms with E-state index in [0.29, 0.717) is 12.5 Å². The molecule has 0 aliphatic rings. The van der Waals surface area contributed by atoms with Gasteiger partial charge in [0.25, 0.3) is 0 Å².